The first-order chi connectivity index (χ1) is 15.5. The number of rotatable bonds is 4. The molecular formula is C25H26N2O6. The molecule has 3 N–H and O–H groups in total. The summed E-state index contributed by atoms with van der Waals surface area (Å²) in [6.45, 7) is 7.41. The Kier molecular flexibility index (Phi) is 5.32. The molecule has 0 bridgehead atoms. The third kappa shape index (κ3) is 3.88. The summed E-state index contributed by atoms with van der Waals surface area (Å²) in [6.07, 6.45) is 0. The first kappa shape index (κ1) is 22.3. The number of carbonyl (C=O) groups is 1. The third-order valence-electron chi connectivity index (χ3n) is 5.43. The number of esters is 1. The molecule has 0 atom stereocenters. The molecule has 172 valence electrons. The van der Waals surface area contributed by atoms with Gasteiger partial charge in [-0.3, -0.25) is 4.79 Å². The van der Waals surface area contributed by atoms with Crippen LogP contribution in [0, 0.1) is 6.92 Å². The Morgan fingerprint density at radius 2 is 1.94 bits per heavy atom. The molecule has 2 aromatic carbocycles. The standard InChI is InChI=1S/C25H26N2O6/c1-13-19(26)18-17(27(13)12-14-7-6-8-15(11-14)31-5)10-9-16-20(28)21(29)23(32-22(16)18)24(30)33-25(2,3)4/h6-11,29H,12,26H2,1-5H3. The van der Waals surface area contributed by atoms with Crippen molar-refractivity contribution in [1.82, 2.24) is 4.57 Å². The molecule has 0 spiro atoms. The maximum atomic E-state index is 12.8. The minimum Gasteiger partial charge on any atom is -0.501 e. The second kappa shape index (κ2) is 7.88. The van der Waals surface area contributed by atoms with Gasteiger partial charge >= 0.3 is 5.97 Å². The van der Waals surface area contributed by atoms with E-state index in [9.17, 15) is 14.7 Å². The highest BCUT2D eigenvalue weighted by atomic mass is 16.6. The number of nitrogen functional groups attached to an aromatic ring is 1. The minimum absolute atomic E-state index is 0.123. The maximum Gasteiger partial charge on any atom is 0.378 e. The summed E-state index contributed by atoms with van der Waals surface area (Å²) in [7, 11) is 1.61. The number of fused-ring (bicyclic) bond motifs is 3. The van der Waals surface area contributed by atoms with Gasteiger partial charge in [0.1, 0.15) is 11.4 Å². The number of aromatic nitrogens is 1. The molecule has 4 aromatic rings. The molecular weight excluding hydrogens is 424 g/mol. The van der Waals surface area contributed by atoms with E-state index in [1.807, 2.05) is 35.8 Å². The highest BCUT2D eigenvalue weighted by Crippen LogP contribution is 2.36. The second-order valence-corrected chi connectivity index (χ2v) is 8.88. The van der Waals surface area contributed by atoms with Gasteiger partial charge in [-0.05, 0) is 57.5 Å². The van der Waals surface area contributed by atoms with Crippen LogP contribution in [0.4, 0.5) is 5.69 Å². The van der Waals surface area contributed by atoms with Gasteiger partial charge in [0, 0.05) is 12.2 Å². The van der Waals surface area contributed by atoms with Crippen LogP contribution in [0.3, 0.4) is 0 Å². The van der Waals surface area contributed by atoms with Gasteiger partial charge in [0.05, 0.1) is 29.1 Å². The molecule has 0 radical (unpaired) electrons. The van der Waals surface area contributed by atoms with E-state index < -0.39 is 28.5 Å². The fourth-order valence-electron chi connectivity index (χ4n) is 3.85. The number of methoxy groups -OCH3 is 1. The van der Waals surface area contributed by atoms with E-state index in [0.717, 1.165) is 22.5 Å². The first-order valence-electron chi connectivity index (χ1n) is 10.4. The molecule has 2 heterocycles. The Balaban J connectivity index is 1.94. The lowest BCUT2D eigenvalue weighted by Gasteiger charge is -2.19. The largest absolute Gasteiger partial charge is 0.501 e. The van der Waals surface area contributed by atoms with Crippen LogP contribution in [0.1, 0.15) is 42.6 Å². The van der Waals surface area contributed by atoms with Crippen LogP contribution in [0.5, 0.6) is 11.5 Å². The Morgan fingerprint density at radius 3 is 2.61 bits per heavy atom. The van der Waals surface area contributed by atoms with E-state index in [2.05, 4.69) is 0 Å². The molecule has 33 heavy (non-hydrogen) atoms. The van der Waals surface area contributed by atoms with Crippen molar-refractivity contribution in [2.24, 2.45) is 0 Å². The number of carbonyl (C=O) groups excluding carboxylic acids is 1. The maximum absolute atomic E-state index is 12.8. The molecule has 0 aliphatic carbocycles. The molecule has 8 heteroatoms. The Hall–Kier alpha value is -3.94. The van der Waals surface area contributed by atoms with Gasteiger partial charge in [0.15, 0.2) is 5.58 Å². The van der Waals surface area contributed by atoms with E-state index in [1.54, 1.807) is 40.0 Å². The molecule has 2 aromatic heterocycles. The fraction of sp³-hybridized carbons (Fsp3) is 0.280. The number of hydrogen-bond acceptors (Lipinski definition) is 7. The summed E-state index contributed by atoms with van der Waals surface area (Å²) >= 11 is 0. The minimum atomic E-state index is -0.929. The van der Waals surface area contributed by atoms with Gasteiger partial charge in [-0.1, -0.05) is 12.1 Å². The molecule has 0 aliphatic rings. The van der Waals surface area contributed by atoms with Crippen molar-refractivity contribution in [1.29, 1.82) is 0 Å². The monoisotopic (exact) mass is 450 g/mol. The first-order valence-corrected chi connectivity index (χ1v) is 10.4. The highest BCUT2D eigenvalue weighted by Gasteiger charge is 2.27. The predicted octanol–water partition coefficient (Wildman–Crippen LogP) is 4.36. The summed E-state index contributed by atoms with van der Waals surface area (Å²) in [4.78, 5) is 25.5. The third-order valence-corrected chi connectivity index (χ3v) is 5.43. The van der Waals surface area contributed by atoms with Gasteiger partial charge in [0.25, 0.3) is 5.76 Å². The number of ether oxygens (including phenoxy) is 2. The van der Waals surface area contributed by atoms with Crippen molar-refractivity contribution < 1.29 is 23.8 Å². The summed E-state index contributed by atoms with van der Waals surface area (Å²) in [6, 6.07) is 11.0. The van der Waals surface area contributed by atoms with E-state index in [4.69, 9.17) is 19.6 Å². The molecule has 0 saturated carbocycles. The fourth-order valence-corrected chi connectivity index (χ4v) is 3.85. The van der Waals surface area contributed by atoms with Crippen LogP contribution in [0.15, 0.2) is 45.6 Å². The van der Waals surface area contributed by atoms with Crippen LogP contribution >= 0.6 is 0 Å². The van der Waals surface area contributed by atoms with Gasteiger partial charge in [-0.25, -0.2) is 4.79 Å². The zero-order valence-electron chi connectivity index (χ0n) is 19.2. The summed E-state index contributed by atoms with van der Waals surface area (Å²) < 4.78 is 18.4. The van der Waals surface area contributed by atoms with Gasteiger partial charge in [0.2, 0.25) is 11.2 Å². The number of aromatic hydroxyl groups is 1. The van der Waals surface area contributed by atoms with Crippen LogP contribution < -0.4 is 15.9 Å². The molecule has 4 rings (SSSR count). The quantitative estimate of drug-likeness (QED) is 0.444. The Labute approximate surface area is 190 Å². The lowest BCUT2D eigenvalue weighted by atomic mass is 10.1. The van der Waals surface area contributed by atoms with Crippen molar-refractivity contribution in [2.45, 2.75) is 39.8 Å². The topological polar surface area (TPSA) is 117 Å². The molecule has 0 fully saturated rings. The zero-order chi connectivity index (χ0) is 24.1. The average Bonchev–Trinajstić information content (AvgIpc) is 3.00. The zero-order valence-corrected chi connectivity index (χ0v) is 19.2. The Bertz CT molecular complexity index is 1460. The molecule has 0 unspecified atom stereocenters. The summed E-state index contributed by atoms with van der Waals surface area (Å²) in [5.74, 6) is -1.53. The van der Waals surface area contributed by atoms with Crippen molar-refractivity contribution in [3.8, 4) is 11.5 Å². The number of benzene rings is 2. The molecule has 0 aliphatic heterocycles. The van der Waals surface area contributed by atoms with Crippen molar-refractivity contribution >= 4 is 33.5 Å². The predicted molar refractivity (Wildman–Crippen MR) is 126 cm³/mol. The van der Waals surface area contributed by atoms with Crippen LogP contribution in [-0.4, -0.2) is 28.4 Å². The number of anilines is 1. The normalized spacial score (nSPS) is 11.8. The summed E-state index contributed by atoms with van der Waals surface area (Å²) in [5.41, 5.74) is 7.93. The number of hydrogen-bond donors (Lipinski definition) is 2. The second-order valence-electron chi connectivity index (χ2n) is 8.88. The number of nitrogens with two attached hydrogens (primary N) is 1. The van der Waals surface area contributed by atoms with E-state index in [0.29, 0.717) is 17.6 Å². The van der Waals surface area contributed by atoms with E-state index in [-0.39, 0.29) is 11.0 Å². The lowest BCUT2D eigenvalue weighted by Crippen LogP contribution is -2.24. The summed E-state index contributed by atoms with van der Waals surface area (Å²) in [5, 5.41) is 11.0. The van der Waals surface area contributed by atoms with Crippen LogP contribution in [0.2, 0.25) is 0 Å². The van der Waals surface area contributed by atoms with Gasteiger partial charge in [-0.2, -0.15) is 0 Å². The van der Waals surface area contributed by atoms with E-state index >= 15 is 0 Å². The number of nitrogens with zero attached hydrogens (tertiary/aromatic N) is 1. The smallest absolute Gasteiger partial charge is 0.378 e. The molecule has 0 amide bonds. The van der Waals surface area contributed by atoms with Crippen LogP contribution in [0.25, 0.3) is 21.9 Å². The average molecular weight is 450 g/mol. The molecule has 8 nitrogen and oxygen atoms in total. The highest BCUT2D eigenvalue weighted by molar-refractivity contribution is 6.11. The van der Waals surface area contributed by atoms with Crippen LogP contribution in [-0.2, 0) is 11.3 Å². The van der Waals surface area contributed by atoms with Gasteiger partial charge < -0.3 is 29.3 Å². The Morgan fingerprint density at radius 1 is 1.21 bits per heavy atom. The van der Waals surface area contributed by atoms with Crippen molar-refractivity contribution in [3.63, 3.8) is 0 Å². The SMILES string of the molecule is COc1cccc(Cn2c(C)c(N)c3c4oc(C(=O)OC(C)(C)C)c(O)c(=O)c4ccc32)c1. The van der Waals surface area contributed by atoms with Crippen molar-refractivity contribution in [2.75, 3.05) is 12.8 Å². The van der Waals surface area contributed by atoms with E-state index in [1.165, 1.54) is 0 Å². The lowest BCUT2D eigenvalue weighted by molar-refractivity contribution is 0.00322. The molecule has 0 saturated heterocycles. The van der Waals surface area contributed by atoms with Gasteiger partial charge in [-0.15, -0.1) is 0 Å². The van der Waals surface area contributed by atoms with Crippen molar-refractivity contribution in [3.05, 3.63) is 63.6 Å².